The monoisotopic (exact) mass is 2070 g/mol. The minimum atomic E-state index is -2.92. The quantitative estimate of drug-likeness (QED) is 0.0555. The minimum Gasteiger partial charge on any atom is -0.440 e. The molecule has 55 heteroatoms. The Bertz CT molecular complexity index is 2870. The molecule has 0 fully saturated rings. The van der Waals surface area contributed by atoms with Crippen LogP contribution in [0.2, 0.25) is 373 Å². The number of hydrogen-bond acceptors (Lipinski definition) is 27. The summed E-state index contributed by atoms with van der Waals surface area (Å²) in [5.41, 5.74) is 0. The van der Waals surface area contributed by atoms with E-state index in [1.807, 2.05) is 170 Å². The molecular formula is C57H174O27Si28. The van der Waals surface area contributed by atoms with E-state index in [2.05, 4.69) is 190 Å². The highest BCUT2D eigenvalue weighted by Crippen LogP contribution is 2.37. The molecule has 0 amide bonds. The van der Waals surface area contributed by atoms with Crippen molar-refractivity contribution in [1.82, 2.24) is 0 Å². The predicted octanol–water partition coefficient (Wildman–Crippen LogP) is 19.7. The molecule has 0 saturated heterocycles. The highest BCUT2D eigenvalue weighted by atomic mass is 28.6. The SMILES string of the molecule is C[SiH](C)C.C[SiH](C)O[Si](C)(C)O[Si](C)(C)O[Si](C)(C)O[Si](C)(C)O[Si](C)(C)O[Si](C)(C)O[Si](C)(C)O[Si](C)(C)O[Si](C)(C)O[Si](C)(C)O[Si](C)(C)O[Si](C)(C)O[Si](C)(C)O[Si](C)(C)O[Si](C)(C)O[Si](C)(C)O[Si](C)(C)O[Si](C)(C)O[Si](C)(C)O[Si](C)(C)O[Si](C)(C)O[Si](C)(C)O[Si](C)(C)O[Si](C)(C)O[Si](C)(C)O[Si](C)(C)O. The van der Waals surface area contributed by atoms with E-state index in [9.17, 15) is 4.80 Å². The molecule has 0 aromatic rings. The maximum atomic E-state index is 10.5. The molecule has 27 nitrogen and oxygen atoms in total. The maximum Gasteiger partial charge on any atom is 0.320 e. The second-order valence-electron chi connectivity index (χ2n) is 41.9. The normalized spacial score (nSPS) is 16.0. The second kappa shape index (κ2) is 41.2. The highest BCUT2D eigenvalue weighted by molar-refractivity contribution is 6.98. The van der Waals surface area contributed by atoms with E-state index in [0.29, 0.717) is 0 Å². The molecule has 0 aromatic heterocycles. The third kappa shape index (κ3) is 58.4. The summed E-state index contributed by atoms with van der Waals surface area (Å²) in [6, 6.07) is 0. The Balaban J connectivity index is 0. The second-order valence-corrected chi connectivity index (χ2v) is 142. The van der Waals surface area contributed by atoms with Crippen LogP contribution >= 0.6 is 0 Å². The first-order valence-corrected chi connectivity index (χ1v) is 119. The fourth-order valence-electron chi connectivity index (χ4n) is 15.9. The predicted molar refractivity (Wildman–Crippen MR) is 529 cm³/mol. The van der Waals surface area contributed by atoms with Gasteiger partial charge >= 0.3 is 223 Å². The molecule has 0 heterocycles. The van der Waals surface area contributed by atoms with Crippen molar-refractivity contribution >= 4 is 240 Å². The van der Waals surface area contributed by atoms with Crippen LogP contribution in [0.3, 0.4) is 0 Å². The lowest BCUT2D eigenvalue weighted by Gasteiger charge is -2.45. The van der Waals surface area contributed by atoms with Crippen LogP contribution in [0.25, 0.3) is 0 Å². The smallest absolute Gasteiger partial charge is 0.320 e. The topological polar surface area (TPSA) is 260 Å². The van der Waals surface area contributed by atoms with Crippen LogP contribution < -0.4 is 0 Å². The summed E-state index contributed by atoms with van der Waals surface area (Å²) in [6.45, 7) is 117. The first-order chi connectivity index (χ1) is 47.8. The van der Waals surface area contributed by atoms with Gasteiger partial charge in [0.15, 0.2) is 9.04 Å². The first kappa shape index (κ1) is 119. The fraction of sp³-hybridized carbons (Fsp3) is 1.00. The molecule has 0 atom stereocenters. The summed E-state index contributed by atoms with van der Waals surface area (Å²) in [4.78, 5) is 10.5. The van der Waals surface area contributed by atoms with Crippen LogP contribution in [-0.4, -0.2) is 245 Å². The van der Waals surface area contributed by atoms with Gasteiger partial charge in [0.05, 0.1) is 0 Å². The van der Waals surface area contributed by atoms with Crippen molar-refractivity contribution in [1.29, 1.82) is 0 Å². The van der Waals surface area contributed by atoms with E-state index < -0.39 is 232 Å². The van der Waals surface area contributed by atoms with E-state index in [-0.39, 0.29) is 8.80 Å². The van der Waals surface area contributed by atoms with E-state index >= 15 is 0 Å². The van der Waals surface area contributed by atoms with Gasteiger partial charge in [-0.2, -0.15) is 0 Å². The third-order valence-electron chi connectivity index (χ3n) is 12.8. The van der Waals surface area contributed by atoms with Crippen LogP contribution in [0.5, 0.6) is 0 Å². The molecule has 1 N–H and O–H groups in total. The number of hydrogen-bond donors (Lipinski definition) is 1. The van der Waals surface area contributed by atoms with Gasteiger partial charge in [-0.15, -0.1) is 0 Å². The zero-order chi connectivity index (χ0) is 90.5. The van der Waals surface area contributed by atoms with Gasteiger partial charge in [-0.25, -0.2) is 0 Å². The molecule has 0 aliphatic carbocycles. The molecule has 0 saturated carbocycles. The van der Waals surface area contributed by atoms with Crippen molar-refractivity contribution in [3.05, 3.63) is 0 Å². The van der Waals surface area contributed by atoms with E-state index in [0.717, 1.165) is 0 Å². The molecule has 0 aromatic carbocycles. The van der Waals surface area contributed by atoms with Crippen molar-refractivity contribution in [3.63, 3.8) is 0 Å². The van der Waals surface area contributed by atoms with E-state index in [1.54, 1.807) is 13.1 Å². The van der Waals surface area contributed by atoms with Crippen molar-refractivity contribution in [2.45, 2.75) is 373 Å². The van der Waals surface area contributed by atoms with Gasteiger partial charge in [0.2, 0.25) is 0 Å². The summed E-state index contributed by atoms with van der Waals surface area (Å²) in [7, 11) is -74.9. The van der Waals surface area contributed by atoms with Gasteiger partial charge in [-0.05, 0) is 354 Å². The molecule has 0 bridgehead atoms. The number of rotatable bonds is 52. The molecular weight excluding hydrogens is 1900 g/mol. The zero-order valence-corrected chi connectivity index (χ0v) is 111. The fourth-order valence-corrected chi connectivity index (χ4v) is 153. The Morgan fingerprint density at radius 2 is 0.188 bits per heavy atom. The summed E-state index contributed by atoms with van der Waals surface area (Å²) < 4.78 is 178. The summed E-state index contributed by atoms with van der Waals surface area (Å²) in [5.74, 6) is 0. The van der Waals surface area contributed by atoms with Gasteiger partial charge in [0.25, 0.3) is 0 Å². The molecule has 0 radical (unpaired) electrons. The van der Waals surface area contributed by atoms with Gasteiger partial charge in [-0.3, -0.25) is 0 Å². The Morgan fingerprint density at radius 3 is 0.250 bits per heavy atom. The van der Waals surface area contributed by atoms with Gasteiger partial charge in [0, 0.05) is 8.80 Å². The van der Waals surface area contributed by atoms with Crippen molar-refractivity contribution in [2.75, 3.05) is 0 Å². The standard InChI is InChI=1S/C54H164O27Si27.C3H10Si/c1-82(2)56-84(5,6)58-86(9,10)60-88(13,14)62-90(17,18)64-92(21,22)66-94(25,26)68-96(29,30)70-98(33,34)72-100(37,38)74-102(41,42)76-104(45,46)78-106(49,50)80-108(53,54)81-107(51,52)79-105(47,48)77-103(43,44)75-101(39,40)73-99(35,36)71-97(31,32)69-95(27,28)67-93(23,24)65-91(19,20)63-89(15,16)61-87(11,12)59-85(7,8)57-83(3,4)55;1-4(2)3/h55,82H,1-54H3;4H,1-3H3. The van der Waals surface area contributed by atoms with Gasteiger partial charge < -0.3 is 112 Å². The lowest BCUT2D eigenvalue weighted by Crippen LogP contribution is -2.63. The van der Waals surface area contributed by atoms with E-state index in [1.165, 1.54) is 0 Å². The van der Waals surface area contributed by atoms with Gasteiger partial charge in [0.1, 0.15) is 0 Å². The van der Waals surface area contributed by atoms with Crippen LogP contribution in [0.15, 0.2) is 0 Å². The molecule has 0 spiro atoms. The summed E-state index contributed by atoms with van der Waals surface area (Å²) >= 11 is 0. The maximum absolute atomic E-state index is 10.5. The molecule has 676 valence electrons. The average molecular weight is 2080 g/mol. The molecule has 0 aliphatic rings. The largest absolute Gasteiger partial charge is 0.440 e. The lowest BCUT2D eigenvalue weighted by atomic mass is 11.8. The van der Waals surface area contributed by atoms with Crippen LogP contribution in [0.4, 0.5) is 0 Å². The molecule has 0 rings (SSSR count). The van der Waals surface area contributed by atoms with Crippen LogP contribution in [0.1, 0.15) is 0 Å². The van der Waals surface area contributed by atoms with Gasteiger partial charge in [-0.1, -0.05) is 19.6 Å². The molecule has 0 aliphatic heterocycles. The van der Waals surface area contributed by atoms with Crippen LogP contribution in [-0.2, 0) is 107 Å². The lowest BCUT2D eigenvalue weighted by molar-refractivity contribution is 0.244. The minimum absolute atomic E-state index is 0.139. The highest BCUT2D eigenvalue weighted by Gasteiger charge is 2.57. The summed E-state index contributed by atoms with van der Waals surface area (Å²) in [5, 5.41) is 0. The Morgan fingerprint density at radius 1 is 0.125 bits per heavy atom. The third-order valence-corrected chi connectivity index (χ3v) is 115. The zero-order valence-electron chi connectivity index (χ0n) is 82.2. The Kier molecular flexibility index (Phi) is 43.8. The Hall–Kier alpha value is 4.99. The Labute approximate surface area is 718 Å². The first-order valence-electron chi connectivity index (χ1n) is 39.8. The molecule has 112 heavy (non-hydrogen) atoms. The molecule has 0 unspecified atom stereocenters. The van der Waals surface area contributed by atoms with Crippen LogP contribution in [0, 0.1) is 0 Å². The van der Waals surface area contributed by atoms with E-state index in [4.69, 9.17) is 107 Å². The van der Waals surface area contributed by atoms with Crippen molar-refractivity contribution in [3.8, 4) is 0 Å². The van der Waals surface area contributed by atoms with Crippen molar-refractivity contribution < 1.29 is 112 Å². The summed E-state index contributed by atoms with van der Waals surface area (Å²) in [6.07, 6.45) is 0. The van der Waals surface area contributed by atoms with Crippen molar-refractivity contribution in [2.24, 2.45) is 0 Å². The average Bonchev–Trinajstić information content (AvgIpc) is 0.803.